The van der Waals surface area contributed by atoms with Gasteiger partial charge in [0, 0.05) is 11.1 Å². The Morgan fingerprint density at radius 2 is 1.74 bits per heavy atom. The highest BCUT2D eigenvalue weighted by molar-refractivity contribution is 6.07. The third-order valence-corrected chi connectivity index (χ3v) is 5.03. The topological polar surface area (TPSA) is 79.2 Å². The fourth-order valence-electron chi connectivity index (χ4n) is 3.54. The van der Waals surface area contributed by atoms with E-state index in [0.29, 0.717) is 5.56 Å². The highest BCUT2D eigenvalue weighted by atomic mass is 19.4. The molecule has 0 saturated heterocycles. The SMILES string of the molecule is CCOC(=O)c1c(C)cc(C)cc1C(=O)N/C(=C(/C#N)c1cccc(C(F)(F)F)c1)C(C)(C)C. The van der Waals surface area contributed by atoms with E-state index in [2.05, 4.69) is 5.32 Å². The molecule has 0 fully saturated rings. The molecule has 0 radical (unpaired) electrons. The van der Waals surface area contributed by atoms with Crippen molar-refractivity contribution in [2.75, 3.05) is 6.61 Å². The Labute approximate surface area is 197 Å². The van der Waals surface area contributed by atoms with Crippen molar-refractivity contribution < 1.29 is 27.5 Å². The number of nitriles is 1. The average Bonchev–Trinajstić information content (AvgIpc) is 2.72. The molecular weight excluding hydrogens is 445 g/mol. The van der Waals surface area contributed by atoms with Crippen LogP contribution in [0.4, 0.5) is 13.2 Å². The Balaban J connectivity index is 2.68. The summed E-state index contributed by atoms with van der Waals surface area (Å²) >= 11 is 0. The number of hydrogen-bond donors (Lipinski definition) is 1. The second-order valence-corrected chi connectivity index (χ2v) is 8.87. The second kappa shape index (κ2) is 10.1. The van der Waals surface area contributed by atoms with Crippen molar-refractivity contribution in [3.63, 3.8) is 0 Å². The van der Waals surface area contributed by atoms with Gasteiger partial charge in [-0.05, 0) is 50.1 Å². The third kappa shape index (κ3) is 6.04. The first kappa shape index (κ1) is 26.7. The van der Waals surface area contributed by atoms with Gasteiger partial charge in [-0.15, -0.1) is 0 Å². The van der Waals surface area contributed by atoms with Crippen LogP contribution in [0.15, 0.2) is 42.1 Å². The lowest BCUT2D eigenvalue weighted by atomic mass is 9.86. The van der Waals surface area contributed by atoms with Crippen molar-refractivity contribution in [2.45, 2.75) is 47.7 Å². The summed E-state index contributed by atoms with van der Waals surface area (Å²) in [6.45, 7) is 10.4. The number of benzene rings is 2. The number of carbonyl (C=O) groups is 2. The zero-order valence-electron chi connectivity index (χ0n) is 20.0. The quantitative estimate of drug-likeness (QED) is 0.415. The van der Waals surface area contributed by atoms with Gasteiger partial charge in [-0.1, -0.05) is 44.5 Å². The minimum Gasteiger partial charge on any atom is -0.462 e. The summed E-state index contributed by atoms with van der Waals surface area (Å²) in [5, 5.41) is 12.6. The average molecular weight is 473 g/mol. The number of carbonyl (C=O) groups excluding carboxylic acids is 2. The summed E-state index contributed by atoms with van der Waals surface area (Å²) in [5.74, 6) is -1.33. The van der Waals surface area contributed by atoms with Crippen molar-refractivity contribution in [1.29, 1.82) is 5.26 Å². The molecule has 0 aromatic heterocycles. The van der Waals surface area contributed by atoms with Gasteiger partial charge in [0.05, 0.1) is 28.9 Å². The Kier molecular flexibility index (Phi) is 7.93. The molecule has 2 rings (SSSR count). The normalized spacial score (nSPS) is 12.5. The molecule has 5 nitrogen and oxygen atoms in total. The van der Waals surface area contributed by atoms with E-state index in [1.807, 2.05) is 6.07 Å². The zero-order chi connectivity index (χ0) is 25.8. The van der Waals surface area contributed by atoms with E-state index in [1.54, 1.807) is 47.6 Å². The number of rotatable bonds is 5. The summed E-state index contributed by atoms with van der Waals surface area (Å²) in [6.07, 6.45) is -4.59. The van der Waals surface area contributed by atoms with Crippen LogP contribution in [0.25, 0.3) is 5.57 Å². The molecule has 180 valence electrons. The van der Waals surface area contributed by atoms with Crippen molar-refractivity contribution in [2.24, 2.45) is 5.41 Å². The van der Waals surface area contributed by atoms with E-state index in [-0.39, 0.29) is 34.6 Å². The van der Waals surface area contributed by atoms with Gasteiger partial charge in [0.1, 0.15) is 6.07 Å². The summed E-state index contributed by atoms with van der Waals surface area (Å²) in [7, 11) is 0. The van der Waals surface area contributed by atoms with Crippen molar-refractivity contribution >= 4 is 17.4 Å². The molecule has 1 N–H and O–H groups in total. The summed E-state index contributed by atoms with van der Waals surface area (Å²) < 4.78 is 44.8. The summed E-state index contributed by atoms with van der Waals surface area (Å²) in [6, 6.07) is 9.60. The molecule has 2 aromatic carbocycles. The second-order valence-electron chi connectivity index (χ2n) is 8.87. The van der Waals surface area contributed by atoms with Gasteiger partial charge < -0.3 is 10.1 Å². The van der Waals surface area contributed by atoms with Crippen molar-refractivity contribution in [1.82, 2.24) is 5.32 Å². The van der Waals surface area contributed by atoms with Crippen LogP contribution < -0.4 is 5.32 Å². The van der Waals surface area contributed by atoms with E-state index in [9.17, 15) is 28.0 Å². The van der Waals surface area contributed by atoms with Gasteiger partial charge in [0.2, 0.25) is 0 Å². The van der Waals surface area contributed by atoms with Gasteiger partial charge in [-0.2, -0.15) is 18.4 Å². The maximum absolute atomic E-state index is 13.4. The summed E-state index contributed by atoms with van der Waals surface area (Å²) in [4.78, 5) is 25.9. The van der Waals surface area contributed by atoms with Crippen LogP contribution in [-0.4, -0.2) is 18.5 Å². The Bertz CT molecular complexity index is 1180. The lowest BCUT2D eigenvalue weighted by Gasteiger charge is -2.26. The number of alkyl halides is 3. The Hall–Kier alpha value is -3.60. The molecule has 0 atom stereocenters. The monoisotopic (exact) mass is 472 g/mol. The molecule has 0 spiro atoms. The standard InChI is InChI=1S/C26H27F3N2O3/c1-7-34-24(33)21-16(3)11-15(2)12-19(21)23(32)31-22(25(4,5)6)20(14-30)17-9-8-10-18(13-17)26(27,28)29/h8-13H,7H2,1-6H3,(H,31,32)/b22-20-. The number of aryl methyl sites for hydroxylation is 2. The first-order valence-electron chi connectivity index (χ1n) is 10.6. The van der Waals surface area contributed by atoms with Crippen molar-refractivity contribution in [3.05, 3.63) is 75.5 Å². The highest BCUT2D eigenvalue weighted by Crippen LogP contribution is 2.35. The van der Waals surface area contributed by atoms with E-state index < -0.39 is 29.0 Å². The van der Waals surface area contributed by atoms with Crippen LogP contribution in [0, 0.1) is 30.6 Å². The molecule has 34 heavy (non-hydrogen) atoms. The van der Waals surface area contributed by atoms with Gasteiger partial charge >= 0.3 is 12.1 Å². The van der Waals surface area contributed by atoms with Gasteiger partial charge in [0.25, 0.3) is 5.91 Å². The smallest absolute Gasteiger partial charge is 0.416 e. The molecule has 0 aliphatic heterocycles. The maximum atomic E-state index is 13.4. The van der Waals surface area contributed by atoms with E-state index in [0.717, 1.165) is 17.7 Å². The lowest BCUT2D eigenvalue weighted by Crippen LogP contribution is -2.32. The number of ether oxygens (including phenoxy) is 1. The minimum atomic E-state index is -4.59. The molecule has 1 amide bonds. The van der Waals surface area contributed by atoms with Crippen LogP contribution >= 0.6 is 0 Å². The molecule has 0 aliphatic carbocycles. The van der Waals surface area contributed by atoms with E-state index in [1.165, 1.54) is 18.2 Å². The van der Waals surface area contributed by atoms with E-state index in [4.69, 9.17) is 4.74 Å². The molecule has 0 saturated carbocycles. The first-order chi connectivity index (χ1) is 15.7. The molecule has 0 heterocycles. The molecule has 8 heteroatoms. The minimum absolute atomic E-state index is 0.0218. The lowest BCUT2D eigenvalue weighted by molar-refractivity contribution is -0.137. The number of hydrogen-bond acceptors (Lipinski definition) is 4. The van der Waals surface area contributed by atoms with Gasteiger partial charge in [0.15, 0.2) is 0 Å². The predicted octanol–water partition coefficient (Wildman–Crippen LogP) is 6.21. The summed E-state index contributed by atoms with van der Waals surface area (Å²) in [5.41, 5.74) is -0.252. The van der Waals surface area contributed by atoms with E-state index >= 15 is 0 Å². The number of nitrogens with zero attached hydrogens (tertiary/aromatic N) is 1. The highest BCUT2D eigenvalue weighted by Gasteiger charge is 2.32. The van der Waals surface area contributed by atoms with Crippen LogP contribution in [0.1, 0.15) is 70.7 Å². The maximum Gasteiger partial charge on any atom is 0.416 e. The number of halogens is 3. The molecular formula is C26H27F3N2O3. The predicted molar refractivity (Wildman–Crippen MR) is 123 cm³/mol. The number of amides is 1. The van der Waals surface area contributed by atoms with Crippen LogP contribution in [-0.2, 0) is 10.9 Å². The molecule has 0 bridgehead atoms. The number of nitrogens with one attached hydrogen (secondary N) is 1. The van der Waals surface area contributed by atoms with Gasteiger partial charge in [-0.25, -0.2) is 4.79 Å². The molecule has 0 unspecified atom stereocenters. The fourth-order valence-corrected chi connectivity index (χ4v) is 3.54. The van der Waals surface area contributed by atoms with Crippen LogP contribution in [0.5, 0.6) is 0 Å². The van der Waals surface area contributed by atoms with Crippen LogP contribution in [0.2, 0.25) is 0 Å². The molecule has 2 aromatic rings. The van der Waals surface area contributed by atoms with Crippen molar-refractivity contribution in [3.8, 4) is 6.07 Å². The fraction of sp³-hybridized carbons (Fsp3) is 0.346. The Morgan fingerprint density at radius 3 is 2.26 bits per heavy atom. The third-order valence-electron chi connectivity index (χ3n) is 5.03. The first-order valence-corrected chi connectivity index (χ1v) is 10.6. The Morgan fingerprint density at radius 1 is 1.09 bits per heavy atom. The largest absolute Gasteiger partial charge is 0.462 e. The number of esters is 1. The zero-order valence-corrected chi connectivity index (χ0v) is 20.0. The van der Waals surface area contributed by atoms with Gasteiger partial charge in [-0.3, -0.25) is 4.79 Å². The van der Waals surface area contributed by atoms with Crippen LogP contribution in [0.3, 0.4) is 0 Å². The number of allylic oxidation sites excluding steroid dienone is 2. The molecule has 0 aliphatic rings.